The van der Waals surface area contributed by atoms with Gasteiger partial charge in [-0.3, -0.25) is 4.79 Å². The van der Waals surface area contributed by atoms with Crippen molar-refractivity contribution in [3.63, 3.8) is 0 Å². The minimum absolute atomic E-state index is 0.0597. The maximum atomic E-state index is 11.9. The highest BCUT2D eigenvalue weighted by Crippen LogP contribution is 2.13. The first-order valence-corrected chi connectivity index (χ1v) is 7.33. The molecule has 2 aromatic rings. The van der Waals surface area contributed by atoms with Gasteiger partial charge in [0.25, 0.3) is 0 Å². The summed E-state index contributed by atoms with van der Waals surface area (Å²) in [5.41, 5.74) is 3.33. The van der Waals surface area contributed by atoms with Gasteiger partial charge in [-0.15, -0.1) is 0 Å². The van der Waals surface area contributed by atoms with Crippen LogP contribution in [0.3, 0.4) is 0 Å². The molecule has 0 aliphatic heterocycles. The van der Waals surface area contributed by atoms with E-state index >= 15 is 0 Å². The summed E-state index contributed by atoms with van der Waals surface area (Å²) in [5, 5.41) is 2.92. The average Bonchev–Trinajstić information content (AvgIpc) is 2.40. The third kappa shape index (κ3) is 4.35. The molecule has 0 saturated heterocycles. The number of aryl methyl sites for hydroxylation is 2. The maximum Gasteiger partial charge on any atom is 0.224 e. The van der Waals surface area contributed by atoms with Crippen LogP contribution in [0.2, 0.25) is 0 Å². The van der Waals surface area contributed by atoms with Crippen molar-refractivity contribution >= 4 is 34.2 Å². The number of hydrogen-bond donors (Lipinski definition) is 1. The highest BCUT2D eigenvalue weighted by Gasteiger charge is 2.04. The van der Waals surface area contributed by atoms with Crippen LogP contribution in [-0.4, -0.2) is 5.91 Å². The second kappa shape index (κ2) is 6.70. The Morgan fingerprint density at radius 2 is 1.79 bits per heavy atom. The SMILES string of the molecule is Cc1ccccc1CCC(=O)Nc1ccc(I)cc1. The number of rotatable bonds is 4. The number of hydrogen-bond acceptors (Lipinski definition) is 1. The van der Waals surface area contributed by atoms with Crippen molar-refractivity contribution in [2.75, 3.05) is 5.32 Å². The Kier molecular flexibility index (Phi) is 4.96. The minimum Gasteiger partial charge on any atom is -0.326 e. The van der Waals surface area contributed by atoms with Crippen LogP contribution in [-0.2, 0) is 11.2 Å². The molecule has 0 aliphatic carbocycles. The van der Waals surface area contributed by atoms with Crippen LogP contribution < -0.4 is 5.32 Å². The zero-order valence-corrected chi connectivity index (χ0v) is 13.0. The fourth-order valence-electron chi connectivity index (χ4n) is 1.90. The third-order valence-corrected chi connectivity index (χ3v) is 3.73. The van der Waals surface area contributed by atoms with Crippen molar-refractivity contribution in [2.45, 2.75) is 19.8 Å². The number of carbonyl (C=O) groups excluding carboxylic acids is 1. The Morgan fingerprint density at radius 1 is 1.11 bits per heavy atom. The van der Waals surface area contributed by atoms with E-state index in [1.54, 1.807) is 0 Å². The number of benzene rings is 2. The molecule has 0 bridgehead atoms. The summed E-state index contributed by atoms with van der Waals surface area (Å²) >= 11 is 2.25. The van der Waals surface area contributed by atoms with Gasteiger partial charge in [0, 0.05) is 15.7 Å². The lowest BCUT2D eigenvalue weighted by atomic mass is 10.0. The summed E-state index contributed by atoms with van der Waals surface area (Å²) in [6, 6.07) is 16.0. The Morgan fingerprint density at radius 3 is 2.47 bits per heavy atom. The number of anilines is 1. The van der Waals surface area contributed by atoms with Gasteiger partial charge in [-0.25, -0.2) is 0 Å². The van der Waals surface area contributed by atoms with E-state index in [1.807, 2.05) is 36.4 Å². The molecule has 3 heteroatoms. The standard InChI is InChI=1S/C16H16INO/c1-12-4-2-3-5-13(12)6-11-16(19)18-15-9-7-14(17)8-10-15/h2-5,7-10H,6,11H2,1H3,(H,18,19). The molecular formula is C16H16INO. The van der Waals surface area contributed by atoms with Crippen LogP contribution in [0.15, 0.2) is 48.5 Å². The van der Waals surface area contributed by atoms with Crippen molar-refractivity contribution < 1.29 is 4.79 Å². The summed E-state index contributed by atoms with van der Waals surface area (Å²) in [6.07, 6.45) is 1.29. The van der Waals surface area contributed by atoms with E-state index in [2.05, 4.69) is 47.0 Å². The van der Waals surface area contributed by atoms with E-state index in [0.717, 1.165) is 15.7 Å². The van der Waals surface area contributed by atoms with Crippen LogP contribution >= 0.6 is 22.6 Å². The lowest BCUT2D eigenvalue weighted by Gasteiger charge is -2.07. The lowest BCUT2D eigenvalue weighted by Crippen LogP contribution is -2.12. The van der Waals surface area contributed by atoms with Gasteiger partial charge in [-0.2, -0.15) is 0 Å². The van der Waals surface area contributed by atoms with Crippen molar-refractivity contribution in [1.82, 2.24) is 0 Å². The van der Waals surface area contributed by atoms with Gasteiger partial charge in [0.15, 0.2) is 0 Å². The van der Waals surface area contributed by atoms with Crippen LogP contribution in [0.4, 0.5) is 5.69 Å². The van der Waals surface area contributed by atoms with Crippen LogP contribution in [0.25, 0.3) is 0 Å². The van der Waals surface area contributed by atoms with E-state index < -0.39 is 0 Å². The Bertz CT molecular complexity index is 563. The van der Waals surface area contributed by atoms with Crippen LogP contribution in [0, 0.1) is 10.5 Å². The summed E-state index contributed by atoms with van der Waals surface area (Å²) in [7, 11) is 0. The summed E-state index contributed by atoms with van der Waals surface area (Å²) in [4.78, 5) is 11.9. The van der Waals surface area contributed by atoms with Crippen molar-refractivity contribution in [1.29, 1.82) is 0 Å². The predicted octanol–water partition coefficient (Wildman–Crippen LogP) is 4.17. The van der Waals surface area contributed by atoms with Crippen molar-refractivity contribution in [3.8, 4) is 0 Å². The summed E-state index contributed by atoms with van der Waals surface area (Å²) in [6.45, 7) is 2.08. The van der Waals surface area contributed by atoms with E-state index in [9.17, 15) is 4.79 Å². The minimum atomic E-state index is 0.0597. The fraction of sp³-hybridized carbons (Fsp3) is 0.188. The third-order valence-electron chi connectivity index (χ3n) is 3.01. The van der Waals surface area contributed by atoms with Gasteiger partial charge in [0.1, 0.15) is 0 Å². The van der Waals surface area contributed by atoms with Gasteiger partial charge >= 0.3 is 0 Å². The molecule has 0 heterocycles. The predicted molar refractivity (Wildman–Crippen MR) is 87.3 cm³/mol. The van der Waals surface area contributed by atoms with E-state index in [4.69, 9.17) is 0 Å². The zero-order valence-electron chi connectivity index (χ0n) is 10.8. The zero-order chi connectivity index (χ0) is 13.7. The van der Waals surface area contributed by atoms with E-state index in [1.165, 1.54) is 11.1 Å². The molecule has 0 radical (unpaired) electrons. The fourth-order valence-corrected chi connectivity index (χ4v) is 2.26. The molecule has 0 saturated carbocycles. The molecule has 0 aliphatic rings. The van der Waals surface area contributed by atoms with Gasteiger partial charge in [0.2, 0.25) is 5.91 Å². The molecule has 0 aromatic heterocycles. The lowest BCUT2D eigenvalue weighted by molar-refractivity contribution is -0.116. The first-order chi connectivity index (χ1) is 9.15. The molecule has 1 amide bonds. The van der Waals surface area contributed by atoms with Gasteiger partial charge in [-0.05, 0) is 71.3 Å². The molecule has 0 fully saturated rings. The van der Waals surface area contributed by atoms with Gasteiger partial charge in [-0.1, -0.05) is 24.3 Å². The molecule has 98 valence electrons. The highest BCUT2D eigenvalue weighted by molar-refractivity contribution is 14.1. The Labute approximate surface area is 127 Å². The number of carbonyl (C=O) groups is 1. The first kappa shape index (κ1) is 14.1. The maximum absolute atomic E-state index is 11.9. The molecule has 0 unspecified atom stereocenters. The molecule has 0 spiro atoms. The van der Waals surface area contributed by atoms with Crippen molar-refractivity contribution in [2.24, 2.45) is 0 Å². The van der Waals surface area contributed by atoms with E-state index in [0.29, 0.717) is 6.42 Å². The summed E-state index contributed by atoms with van der Waals surface area (Å²) < 4.78 is 1.16. The molecule has 1 N–H and O–H groups in total. The molecule has 2 rings (SSSR count). The van der Waals surface area contributed by atoms with Gasteiger partial charge < -0.3 is 5.32 Å². The number of amides is 1. The second-order valence-electron chi connectivity index (χ2n) is 4.48. The second-order valence-corrected chi connectivity index (χ2v) is 5.73. The smallest absolute Gasteiger partial charge is 0.224 e. The highest BCUT2D eigenvalue weighted by atomic mass is 127. The van der Waals surface area contributed by atoms with E-state index in [-0.39, 0.29) is 5.91 Å². The molecule has 19 heavy (non-hydrogen) atoms. The van der Waals surface area contributed by atoms with Gasteiger partial charge in [0.05, 0.1) is 0 Å². The number of halogens is 1. The Hall–Kier alpha value is -1.36. The monoisotopic (exact) mass is 365 g/mol. The normalized spacial score (nSPS) is 10.2. The van der Waals surface area contributed by atoms with Crippen LogP contribution in [0.1, 0.15) is 17.5 Å². The molecule has 0 atom stereocenters. The topological polar surface area (TPSA) is 29.1 Å². The first-order valence-electron chi connectivity index (χ1n) is 6.25. The molecule has 2 aromatic carbocycles. The molecular weight excluding hydrogens is 349 g/mol. The molecule has 2 nitrogen and oxygen atoms in total. The average molecular weight is 365 g/mol. The van der Waals surface area contributed by atoms with Crippen LogP contribution in [0.5, 0.6) is 0 Å². The Balaban J connectivity index is 1.88. The number of nitrogens with one attached hydrogen (secondary N) is 1. The summed E-state index contributed by atoms with van der Waals surface area (Å²) in [5.74, 6) is 0.0597. The van der Waals surface area contributed by atoms with Crippen molar-refractivity contribution in [3.05, 3.63) is 63.2 Å². The quantitative estimate of drug-likeness (QED) is 0.810. The largest absolute Gasteiger partial charge is 0.326 e.